The molecule has 22 heavy (non-hydrogen) atoms. The first-order chi connectivity index (χ1) is 10.4. The number of nitrogens with zero attached hydrogens (tertiary/aromatic N) is 1. The van der Waals surface area contributed by atoms with Crippen LogP contribution in [-0.4, -0.2) is 44.8 Å². The van der Waals surface area contributed by atoms with Crippen molar-refractivity contribution >= 4 is 10.0 Å². The zero-order valence-electron chi connectivity index (χ0n) is 13.5. The summed E-state index contributed by atoms with van der Waals surface area (Å²) < 4.78 is 37.3. The van der Waals surface area contributed by atoms with Gasteiger partial charge in [-0.05, 0) is 30.0 Å². The van der Waals surface area contributed by atoms with Gasteiger partial charge in [0.1, 0.15) is 5.75 Å². The predicted molar refractivity (Wildman–Crippen MR) is 86.4 cm³/mol. The molecule has 0 N–H and O–H groups in total. The van der Waals surface area contributed by atoms with Gasteiger partial charge >= 0.3 is 0 Å². The summed E-state index contributed by atoms with van der Waals surface area (Å²) in [6.07, 6.45) is 0.801. The van der Waals surface area contributed by atoms with Gasteiger partial charge in [0.05, 0.1) is 26.1 Å². The van der Waals surface area contributed by atoms with Gasteiger partial charge in [-0.25, -0.2) is 8.42 Å². The standard InChI is InChI=1S/C16H25NO4S/c1-13(2)10-15-12-21-8-9-22(18,19)17(15)11-14-4-6-16(20-3)7-5-14/h4-7,13,15H,8-12H2,1-3H3/t15-/m0/s1. The molecule has 1 heterocycles. The number of ether oxygens (including phenoxy) is 2. The lowest BCUT2D eigenvalue weighted by atomic mass is 10.0. The molecule has 5 nitrogen and oxygen atoms in total. The molecule has 0 aliphatic carbocycles. The van der Waals surface area contributed by atoms with Crippen molar-refractivity contribution in [3.63, 3.8) is 0 Å². The molecular formula is C16H25NO4S. The summed E-state index contributed by atoms with van der Waals surface area (Å²) in [6, 6.07) is 7.43. The van der Waals surface area contributed by atoms with Crippen LogP contribution < -0.4 is 4.74 Å². The molecule has 0 aromatic heterocycles. The summed E-state index contributed by atoms with van der Waals surface area (Å²) in [6.45, 7) is 5.32. The van der Waals surface area contributed by atoms with Crippen LogP contribution in [0.25, 0.3) is 0 Å². The van der Waals surface area contributed by atoms with Gasteiger partial charge in [-0.3, -0.25) is 0 Å². The molecule has 1 aromatic carbocycles. The van der Waals surface area contributed by atoms with Crippen molar-refractivity contribution in [1.82, 2.24) is 4.31 Å². The fourth-order valence-corrected chi connectivity index (χ4v) is 4.19. The summed E-state index contributed by atoms with van der Waals surface area (Å²) in [4.78, 5) is 0. The van der Waals surface area contributed by atoms with Gasteiger partial charge in [-0.1, -0.05) is 26.0 Å². The second-order valence-electron chi connectivity index (χ2n) is 6.07. The van der Waals surface area contributed by atoms with Crippen molar-refractivity contribution < 1.29 is 17.9 Å². The normalized spacial score (nSPS) is 22.5. The van der Waals surface area contributed by atoms with E-state index in [0.29, 0.717) is 19.1 Å². The van der Waals surface area contributed by atoms with Crippen molar-refractivity contribution in [2.45, 2.75) is 32.9 Å². The van der Waals surface area contributed by atoms with E-state index < -0.39 is 10.0 Å². The fourth-order valence-electron chi connectivity index (χ4n) is 2.68. The summed E-state index contributed by atoms with van der Waals surface area (Å²) in [5.41, 5.74) is 0.958. The average molecular weight is 327 g/mol. The van der Waals surface area contributed by atoms with E-state index in [0.717, 1.165) is 17.7 Å². The van der Waals surface area contributed by atoms with Crippen molar-refractivity contribution in [2.24, 2.45) is 5.92 Å². The topological polar surface area (TPSA) is 55.8 Å². The molecule has 1 aliphatic rings. The van der Waals surface area contributed by atoms with Crippen LogP contribution in [0.2, 0.25) is 0 Å². The van der Waals surface area contributed by atoms with Crippen LogP contribution >= 0.6 is 0 Å². The fraction of sp³-hybridized carbons (Fsp3) is 0.625. The van der Waals surface area contributed by atoms with Gasteiger partial charge in [-0.15, -0.1) is 0 Å². The maximum Gasteiger partial charge on any atom is 0.217 e. The molecule has 124 valence electrons. The third-order valence-electron chi connectivity index (χ3n) is 3.80. The van der Waals surface area contributed by atoms with Crippen LogP contribution in [0.5, 0.6) is 5.75 Å². The van der Waals surface area contributed by atoms with Gasteiger partial charge in [0.25, 0.3) is 0 Å². The lowest BCUT2D eigenvalue weighted by Crippen LogP contribution is -2.42. The van der Waals surface area contributed by atoms with E-state index >= 15 is 0 Å². The number of sulfonamides is 1. The van der Waals surface area contributed by atoms with Crippen molar-refractivity contribution in [1.29, 1.82) is 0 Å². The Hall–Kier alpha value is -1.11. The van der Waals surface area contributed by atoms with Gasteiger partial charge in [0, 0.05) is 12.6 Å². The molecule has 1 atom stereocenters. The Morgan fingerprint density at radius 2 is 2.00 bits per heavy atom. The third-order valence-corrected chi connectivity index (χ3v) is 5.63. The smallest absolute Gasteiger partial charge is 0.217 e. The second-order valence-corrected chi connectivity index (χ2v) is 8.11. The molecule has 0 saturated carbocycles. The van der Waals surface area contributed by atoms with Crippen molar-refractivity contribution in [3.05, 3.63) is 29.8 Å². The lowest BCUT2D eigenvalue weighted by Gasteiger charge is -2.29. The largest absolute Gasteiger partial charge is 0.497 e. The highest BCUT2D eigenvalue weighted by molar-refractivity contribution is 7.89. The maximum atomic E-state index is 12.5. The average Bonchev–Trinajstić information content (AvgIpc) is 2.60. The Morgan fingerprint density at radius 3 is 2.59 bits per heavy atom. The molecule has 0 unspecified atom stereocenters. The monoisotopic (exact) mass is 327 g/mol. The minimum Gasteiger partial charge on any atom is -0.497 e. The highest BCUT2D eigenvalue weighted by Crippen LogP contribution is 2.23. The van der Waals surface area contributed by atoms with E-state index in [9.17, 15) is 8.42 Å². The van der Waals surface area contributed by atoms with Crippen LogP contribution in [-0.2, 0) is 21.3 Å². The molecular weight excluding hydrogens is 302 g/mol. The first kappa shape index (κ1) is 17.2. The van der Waals surface area contributed by atoms with Gasteiger partial charge in [0.15, 0.2) is 0 Å². The Balaban J connectivity index is 2.23. The van der Waals surface area contributed by atoms with Crippen LogP contribution in [0.3, 0.4) is 0 Å². The molecule has 1 aliphatic heterocycles. The summed E-state index contributed by atoms with van der Waals surface area (Å²) >= 11 is 0. The minimum absolute atomic E-state index is 0.0533. The Kier molecular flexibility index (Phi) is 5.83. The van der Waals surface area contributed by atoms with Crippen LogP contribution in [0.15, 0.2) is 24.3 Å². The van der Waals surface area contributed by atoms with E-state index in [4.69, 9.17) is 9.47 Å². The molecule has 2 rings (SSSR count). The number of benzene rings is 1. The SMILES string of the molecule is COc1ccc(CN2[C@@H](CC(C)C)COCCS2(=O)=O)cc1. The molecule has 1 saturated heterocycles. The zero-order valence-corrected chi connectivity index (χ0v) is 14.3. The van der Waals surface area contributed by atoms with Crippen LogP contribution in [0.4, 0.5) is 0 Å². The summed E-state index contributed by atoms with van der Waals surface area (Å²) in [7, 11) is -1.68. The molecule has 1 aromatic rings. The predicted octanol–water partition coefficient (Wildman–Crippen LogP) is 2.27. The number of rotatable bonds is 5. The Labute approximate surface area is 133 Å². The third kappa shape index (κ3) is 4.44. The second kappa shape index (κ2) is 7.44. The first-order valence-electron chi connectivity index (χ1n) is 7.62. The van der Waals surface area contributed by atoms with Crippen LogP contribution in [0, 0.1) is 5.92 Å². The molecule has 1 fully saturated rings. The number of hydrogen-bond donors (Lipinski definition) is 0. The molecule has 0 bridgehead atoms. The molecule has 0 radical (unpaired) electrons. The zero-order chi connectivity index (χ0) is 16.2. The van der Waals surface area contributed by atoms with E-state index in [1.807, 2.05) is 24.3 Å². The molecule has 0 spiro atoms. The van der Waals surface area contributed by atoms with E-state index in [1.54, 1.807) is 11.4 Å². The quantitative estimate of drug-likeness (QED) is 0.832. The van der Waals surface area contributed by atoms with E-state index in [-0.39, 0.29) is 18.4 Å². The Morgan fingerprint density at radius 1 is 1.32 bits per heavy atom. The lowest BCUT2D eigenvalue weighted by molar-refractivity contribution is 0.100. The van der Waals surface area contributed by atoms with Crippen molar-refractivity contribution in [2.75, 3.05) is 26.1 Å². The summed E-state index contributed by atoms with van der Waals surface area (Å²) in [5.74, 6) is 1.24. The Bertz CT molecular complexity index is 568. The highest BCUT2D eigenvalue weighted by Gasteiger charge is 2.33. The number of hydrogen-bond acceptors (Lipinski definition) is 4. The number of methoxy groups -OCH3 is 1. The minimum atomic E-state index is -3.29. The van der Waals surface area contributed by atoms with E-state index in [1.165, 1.54) is 0 Å². The maximum absolute atomic E-state index is 12.5. The van der Waals surface area contributed by atoms with Gasteiger partial charge < -0.3 is 9.47 Å². The van der Waals surface area contributed by atoms with Gasteiger partial charge in [-0.2, -0.15) is 4.31 Å². The van der Waals surface area contributed by atoms with Crippen LogP contribution in [0.1, 0.15) is 25.8 Å². The molecule has 0 amide bonds. The highest BCUT2D eigenvalue weighted by atomic mass is 32.2. The first-order valence-corrected chi connectivity index (χ1v) is 9.23. The van der Waals surface area contributed by atoms with E-state index in [2.05, 4.69) is 13.8 Å². The van der Waals surface area contributed by atoms with Gasteiger partial charge in [0.2, 0.25) is 10.0 Å². The van der Waals surface area contributed by atoms with Crippen molar-refractivity contribution in [3.8, 4) is 5.75 Å². The molecule has 6 heteroatoms. The summed E-state index contributed by atoms with van der Waals surface area (Å²) in [5, 5.41) is 0.